The molecule has 0 radical (unpaired) electrons. The number of hydrogen-bond acceptors (Lipinski definition) is 6. The number of aromatic carboxylic acids is 1. The number of carboxylic acids is 1. The second kappa shape index (κ2) is 10.9. The number of amides is 3. The third-order valence-electron chi connectivity index (χ3n) is 5.12. The molecule has 2 N–H and O–H groups in total. The van der Waals surface area contributed by atoms with Crippen LogP contribution in [0.3, 0.4) is 0 Å². The molecule has 1 aliphatic heterocycles. The minimum Gasteiger partial charge on any atom is -0.488 e. The highest BCUT2D eigenvalue weighted by Gasteiger charge is 2.36. The molecule has 4 rings (SSSR count). The minimum atomic E-state index is -1.02. The first kappa shape index (κ1) is 24.7. The SMILES string of the molecule is O=C(CN1C(=O)S/C(=C\c2ccccc2OCc2ccc(C(=O)O)cc2)C1=O)Nc1ccccc1F. The number of carbonyl (C=O) groups is 4. The van der Waals surface area contributed by atoms with E-state index >= 15 is 0 Å². The van der Waals surface area contributed by atoms with E-state index in [-0.39, 0.29) is 22.8 Å². The summed E-state index contributed by atoms with van der Waals surface area (Å²) in [5.74, 6) is -2.56. The van der Waals surface area contributed by atoms with Gasteiger partial charge >= 0.3 is 5.97 Å². The Bertz CT molecular complexity index is 1370. The first-order valence-corrected chi connectivity index (χ1v) is 11.5. The van der Waals surface area contributed by atoms with Gasteiger partial charge < -0.3 is 15.2 Å². The Labute approximate surface area is 209 Å². The van der Waals surface area contributed by atoms with Crippen LogP contribution in [0, 0.1) is 5.82 Å². The van der Waals surface area contributed by atoms with Crippen LogP contribution >= 0.6 is 11.8 Å². The van der Waals surface area contributed by atoms with Crippen molar-refractivity contribution < 1.29 is 33.4 Å². The van der Waals surface area contributed by atoms with Gasteiger partial charge in [0.1, 0.15) is 24.7 Å². The number of halogens is 1. The Balaban J connectivity index is 1.44. The lowest BCUT2D eigenvalue weighted by molar-refractivity contribution is -0.127. The Morgan fingerprint density at radius 1 is 1.00 bits per heavy atom. The van der Waals surface area contributed by atoms with Gasteiger partial charge in [0.2, 0.25) is 5.91 Å². The molecule has 0 atom stereocenters. The highest BCUT2D eigenvalue weighted by atomic mass is 32.2. The zero-order chi connectivity index (χ0) is 25.7. The van der Waals surface area contributed by atoms with Gasteiger partial charge in [0, 0.05) is 5.56 Å². The van der Waals surface area contributed by atoms with Crippen molar-refractivity contribution in [3.05, 3.63) is 100 Å². The molecule has 0 bridgehead atoms. The van der Waals surface area contributed by atoms with Gasteiger partial charge in [-0.25, -0.2) is 9.18 Å². The van der Waals surface area contributed by atoms with Crippen LogP contribution < -0.4 is 10.1 Å². The fraction of sp³-hybridized carbons (Fsp3) is 0.0769. The number of carboxylic acid groups (broad SMARTS) is 1. The van der Waals surface area contributed by atoms with Crippen LogP contribution in [0.5, 0.6) is 5.75 Å². The van der Waals surface area contributed by atoms with E-state index in [2.05, 4.69) is 5.32 Å². The second-order valence-electron chi connectivity index (χ2n) is 7.62. The largest absolute Gasteiger partial charge is 0.488 e. The van der Waals surface area contributed by atoms with E-state index < -0.39 is 35.4 Å². The molecule has 0 spiro atoms. The Hall–Kier alpha value is -4.44. The van der Waals surface area contributed by atoms with Crippen LogP contribution in [0.1, 0.15) is 21.5 Å². The molecule has 3 aromatic rings. The van der Waals surface area contributed by atoms with Crippen molar-refractivity contribution >= 4 is 46.5 Å². The molecule has 0 aliphatic carbocycles. The highest BCUT2D eigenvalue weighted by Crippen LogP contribution is 2.34. The fourth-order valence-electron chi connectivity index (χ4n) is 3.31. The Morgan fingerprint density at radius 2 is 1.69 bits per heavy atom. The summed E-state index contributed by atoms with van der Waals surface area (Å²) < 4.78 is 19.6. The number of ether oxygens (including phenoxy) is 1. The first-order chi connectivity index (χ1) is 17.3. The number of anilines is 1. The summed E-state index contributed by atoms with van der Waals surface area (Å²) in [5.41, 5.74) is 1.41. The van der Waals surface area contributed by atoms with Gasteiger partial charge in [-0.1, -0.05) is 42.5 Å². The number of hydrogen-bond donors (Lipinski definition) is 2. The molecule has 1 fully saturated rings. The summed E-state index contributed by atoms with van der Waals surface area (Å²) in [6.45, 7) is -0.400. The average Bonchev–Trinajstić information content (AvgIpc) is 3.12. The quantitative estimate of drug-likeness (QED) is 0.423. The number of nitrogens with zero attached hydrogens (tertiary/aromatic N) is 1. The summed E-state index contributed by atoms with van der Waals surface area (Å²) in [6, 6.07) is 18.7. The van der Waals surface area contributed by atoms with Crippen LogP contribution in [0.15, 0.2) is 77.7 Å². The number of thioether (sulfide) groups is 1. The number of nitrogens with one attached hydrogen (secondary N) is 1. The van der Waals surface area contributed by atoms with Crippen LogP contribution in [0.2, 0.25) is 0 Å². The molecule has 182 valence electrons. The molecule has 0 unspecified atom stereocenters. The molecule has 0 aromatic heterocycles. The number of imide groups is 1. The zero-order valence-corrected chi connectivity index (χ0v) is 19.5. The molecule has 1 aliphatic rings. The smallest absolute Gasteiger partial charge is 0.335 e. The van der Waals surface area contributed by atoms with Crippen LogP contribution in [0.25, 0.3) is 6.08 Å². The van der Waals surface area contributed by atoms with E-state index in [1.54, 1.807) is 42.5 Å². The predicted molar refractivity (Wildman–Crippen MR) is 132 cm³/mol. The number of para-hydroxylation sites is 2. The van der Waals surface area contributed by atoms with Crippen LogP contribution in [0.4, 0.5) is 14.9 Å². The molecule has 8 nitrogen and oxygen atoms in total. The molecule has 3 amide bonds. The lowest BCUT2D eigenvalue weighted by atomic mass is 10.1. The molecule has 36 heavy (non-hydrogen) atoms. The van der Waals surface area contributed by atoms with Crippen LogP contribution in [-0.2, 0) is 16.2 Å². The molecular formula is C26H19FN2O6S. The zero-order valence-electron chi connectivity index (χ0n) is 18.6. The molecule has 1 saturated heterocycles. The first-order valence-electron chi connectivity index (χ1n) is 10.7. The predicted octanol–water partition coefficient (Wildman–Crippen LogP) is 4.78. The lowest BCUT2D eigenvalue weighted by Crippen LogP contribution is -2.36. The van der Waals surface area contributed by atoms with Gasteiger partial charge in [0.15, 0.2) is 0 Å². The van der Waals surface area contributed by atoms with Crippen molar-refractivity contribution in [2.75, 3.05) is 11.9 Å². The maximum absolute atomic E-state index is 13.8. The molecule has 0 saturated carbocycles. The van der Waals surface area contributed by atoms with E-state index in [1.807, 2.05) is 0 Å². The third-order valence-corrected chi connectivity index (χ3v) is 6.03. The number of rotatable bonds is 8. The van der Waals surface area contributed by atoms with Gasteiger partial charge in [-0.15, -0.1) is 0 Å². The average molecular weight is 507 g/mol. The molecular weight excluding hydrogens is 487 g/mol. The van der Waals surface area contributed by atoms with Crippen LogP contribution in [-0.4, -0.2) is 39.6 Å². The van der Waals surface area contributed by atoms with E-state index in [4.69, 9.17) is 9.84 Å². The Morgan fingerprint density at radius 3 is 2.42 bits per heavy atom. The molecule has 10 heteroatoms. The van der Waals surface area contributed by atoms with Crippen molar-refractivity contribution in [1.82, 2.24) is 4.90 Å². The summed E-state index contributed by atoms with van der Waals surface area (Å²) in [4.78, 5) is 49.4. The van der Waals surface area contributed by atoms with E-state index in [0.717, 1.165) is 10.5 Å². The van der Waals surface area contributed by atoms with Gasteiger partial charge in [-0.3, -0.25) is 19.3 Å². The molecule has 1 heterocycles. The monoisotopic (exact) mass is 506 g/mol. The normalized spacial score (nSPS) is 14.2. The second-order valence-corrected chi connectivity index (χ2v) is 8.62. The maximum Gasteiger partial charge on any atom is 0.335 e. The summed E-state index contributed by atoms with van der Waals surface area (Å²) in [5, 5.41) is 10.7. The van der Waals surface area contributed by atoms with E-state index in [1.165, 1.54) is 36.4 Å². The highest BCUT2D eigenvalue weighted by molar-refractivity contribution is 8.18. The van der Waals surface area contributed by atoms with E-state index in [0.29, 0.717) is 23.1 Å². The summed E-state index contributed by atoms with van der Waals surface area (Å²) in [6.07, 6.45) is 1.50. The van der Waals surface area contributed by atoms with Gasteiger partial charge in [0.05, 0.1) is 16.2 Å². The third kappa shape index (κ3) is 5.78. The van der Waals surface area contributed by atoms with Crippen molar-refractivity contribution in [2.24, 2.45) is 0 Å². The number of carbonyl (C=O) groups excluding carboxylic acids is 3. The van der Waals surface area contributed by atoms with Gasteiger partial charge in [0.25, 0.3) is 11.1 Å². The summed E-state index contributed by atoms with van der Waals surface area (Å²) in [7, 11) is 0. The van der Waals surface area contributed by atoms with Crippen molar-refractivity contribution in [1.29, 1.82) is 0 Å². The van der Waals surface area contributed by atoms with E-state index in [9.17, 15) is 23.6 Å². The minimum absolute atomic E-state index is 0.0475. The Kier molecular flexibility index (Phi) is 7.45. The molecule has 3 aromatic carbocycles. The van der Waals surface area contributed by atoms with Crippen molar-refractivity contribution in [2.45, 2.75) is 6.61 Å². The maximum atomic E-state index is 13.8. The standard InChI is InChI=1S/C26H19FN2O6S/c27-19-6-2-3-7-20(19)28-23(30)14-29-24(31)22(36-26(29)34)13-18-5-1-4-8-21(18)35-15-16-9-11-17(12-10-16)25(32)33/h1-13H,14-15H2,(H,28,30)(H,32,33)/b22-13-. The van der Waals surface area contributed by atoms with Gasteiger partial charge in [-0.05, 0) is 53.7 Å². The van der Waals surface area contributed by atoms with Crippen molar-refractivity contribution in [3.8, 4) is 5.75 Å². The number of benzene rings is 3. The fourth-order valence-corrected chi connectivity index (χ4v) is 4.14. The summed E-state index contributed by atoms with van der Waals surface area (Å²) >= 11 is 0.689. The van der Waals surface area contributed by atoms with Gasteiger partial charge in [-0.2, -0.15) is 0 Å². The topological polar surface area (TPSA) is 113 Å². The van der Waals surface area contributed by atoms with Crippen molar-refractivity contribution in [3.63, 3.8) is 0 Å². The lowest BCUT2D eigenvalue weighted by Gasteiger charge is -2.13.